The third kappa shape index (κ3) is 33.1. The summed E-state index contributed by atoms with van der Waals surface area (Å²) in [7, 11) is -2.86. The highest BCUT2D eigenvalue weighted by Crippen LogP contribution is 2.52. The number of fused-ring (bicyclic) bond motifs is 6. The van der Waals surface area contributed by atoms with E-state index in [-0.39, 0.29) is 136 Å². The number of nitriles is 1. The van der Waals surface area contributed by atoms with Crippen molar-refractivity contribution in [2.75, 3.05) is 72.4 Å². The van der Waals surface area contributed by atoms with E-state index >= 15 is 0 Å². The number of ether oxygens (including phenoxy) is 7. The third-order valence-electron chi connectivity index (χ3n) is 22.1. The molecule has 3 amide bonds. The molecule has 2 aliphatic carbocycles. The number of amides is 3. The zero-order valence-electron chi connectivity index (χ0n) is 74.7. The van der Waals surface area contributed by atoms with Gasteiger partial charge in [0, 0.05) is 94.0 Å². The number of hydrogen-bond acceptors (Lipinski definition) is 21. The van der Waals surface area contributed by atoms with Gasteiger partial charge in [0.15, 0.2) is 6.29 Å². The molecule has 4 N–H and O–H groups in total. The van der Waals surface area contributed by atoms with Crippen LogP contribution in [0.5, 0.6) is 0 Å². The van der Waals surface area contributed by atoms with Gasteiger partial charge in [0.25, 0.3) is 22.6 Å². The molecule has 3 heterocycles. The lowest BCUT2D eigenvalue weighted by Gasteiger charge is -2.37. The average molecular weight is 1750 g/mol. The van der Waals surface area contributed by atoms with Crippen LogP contribution in [0.4, 0.5) is 9.59 Å². The van der Waals surface area contributed by atoms with E-state index in [9.17, 15) is 33.6 Å². The maximum Gasteiger partial charge on any atom is 0.508 e. The lowest BCUT2D eigenvalue weighted by atomic mass is 9.98. The predicted molar refractivity (Wildman–Crippen MR) is 481 cm³/mol. The Morgan fingerprint density at radius 3 is 1.42 bits per heavy atom. The molecule has 0 radical (unpaired) electrons. The Morgan fingerprint density at radius 1 is 0.532 bits per heavy atom. The number of unbranched alkanes of at least 4 members (excludes halogenated alkanes) is 14. The summed E-state index contributed by atoms with van der Waals surface area (Å²) in [5, 5.41) is 17.6. The Kier molecular flexibility index (Phi) is 45.5. The minimum Gasteiger partial charge on any atom is -0.434 e. The molecular weight excluding hydrogens is 1620 g/mol. The van der Waals surface area contributed by atoms with E-state index in [4.69, 9.17) is 63.1 Å². The molecule has 0 saturated carbocycles. The van der Waals surface area contributed by atoms with Gasteiger partial charge in [-0.25, -0.2) is 30.3 Å². The van der Waals surface area contributed by atoms with Gasteiger partial charge in [0.05, 0.1) is 63.3 Å². The van der Waals surface area contributed by atoms with Crippen molar-refractivity contribution in [2.24, 2.45) is 0 Å². The Bertz CT molecular complexity index is 4260. The fourth-order valence-electron chi connectivity index (χ4n) is 16.0. The first-order chi connectivity index (χ1) is 60.1. The van der Waals surface area contributed by atoms with Crippen LogP contribution in [0.25, 0.3) is 27.1 Å². The Hall–Kier alpha value is -8.45. The quantitative estimate of drug-likeness (QED) is 0.00924. The lowest BCUT2D eigenvalue weighted by molar-refractivity contribution is -0.136. The van der Waals surface area contributed by atoms with Crippen molar-refractivity contribution in [3.05, 3.63) is 163 Å². The topological polar surface area (TPSA) is 312 Å². The molecule has 0 bridgehead atoms. The zero-order chi connectivity index (χ0) is 89.0. The van der Waals surface area contributed by atoms with E-state index in [1.807, 2.05) is 55.5 Å². The fraction of sp³-hybridized carbons (Fsp3) is 0.611. The summed E-state index contributed by atoms with van der Waals surface area (Å²) in [6.07, 6.45) is 18.3. The van der Waals surface area contributed by atoms with E-state index < -0.39 is 52.9 Å². The molecule has 124 heavy (non-hydrogen) atoms. The summed E-state index contributed by atoms with van der Waals surface area (Å²) >= 11 is 0. The number of benzene rings is 4. The second kappa shape index (κ2) is 55.9. The van der Waals surface area contributed by atoms with Crippen molar-refractivity contribution in [2.45, 2.75) is 303 Å². The number of aromatic amines is 1. The number of nitrogens with one attached hydrogen (secondary N) is 4. The van der Waals surface area contributed by atoms with Crippen molar-refractivity contribution in [1.82, 2.24) is 34.8 Å². The van der Waals surface area contributed by atoms with E-state index in [1.165, 1.54) is 52.3 Å². The number of nitrogens with zero attached hydrogens (tertiary/aromatic N) is 5. The molecule has 2 saturated heterocycles. The van der Waals surface area contributed by atoms with Crippen molar-refractivity contribution < 1.29 is 75.2 Å². The Morgan fingerprint density at radius 2 is 0.952 bits per heavy atom. The monoisotopic (exact) mass is 1750 g/mol. The third-order valence-corrected chi connectivity index (χ3v) is 26.4. The predicted octanol–water partition coefficient (Wildman–Crippen LogP) is 18.5. The van der Waals surface area contributed by atoms with Gasteiger partial charge in [-0.15, -0.1) is 0 Å². The number of hydrogen-bond donors (Lipinski definition) is 4. The molecule has 678 valence electrons. The summed E-state index contributed by atoms with van der Waals surface area (Å²) in [5.74, 6) is 5.03. The molecule has 8 unspecified atom stereocenters. The van der Waals surface area contributed by atoms with Crippen molar-refractivity contribution in [3.63, 3.8) is 0 Å². The van der Waals surface area contributed by atoms with Gasteiger partial charge in [-0.3, -0.25) is 28.7 Å². The van der Waals surface area contributed by atoms with Crippen molar-refractivity contribution in [3.8, 4) is 40.2 Å². The van der Waals surface area contributed by atoms with Crippen LogP contribution < -0.4 is 27.2 Å². The normalized spacial score (nSPS) is 17.4. The smallest absolute Gasteiger partial charge is 0.434 e. The van der Waals surface area contributed by atoms with Gasteiger partial charge in [0.2, 0.25) is 24.3 Å². The Labute approximate surface area is 737 Å². The number of rotatable bonds is 54. The van der Waals surface area contributed by atoms with E-state index in [1.54, 1.807) is 0 Å². The summed E-state index contributed by atoms with van der Waals surface area (Å²) < 4.78 is 71.2. The largest absolute Gasteiger partial charge is 0.508 e. The van der Waals surface area contributed by atoms with Crippen LogP contribution in [-0.4, -0.2) is 176 Å². The highest BCUT2D eigenvalue weighted by atomic mass is 31.2. The highest BCUT2D eigenvalue weighted by molar-refractivity contribution is 7.44. The minimum absolute atomic E-state index is 0.00468. The van der Waals surface area contributed by atoms with Gasteiger partial charge < -0.3 is 72.0 Å². The maximum atomic E-state index is 12.9. The molecule has 4 aliphatic rings. The summed E-state index contributed by atoms with van der Waals surface area (Å²) in [6.45, 7) is 31.7. The molecule has 0 spiro atoms. The van der Waals surface area contributed by atoms with Gasteiger partial charge in [0.1, 0.15) is 31.6 Å². The molecule has 8 atom stereocenters. The van der Waals surface area contributed by atoms with Crippen LogP contribution in [0.15, 0.2) is 113 Å². The van der Waals surface area contributed by atoms with Crippen molar-refractivity contribution >= 4 is 47.1 Å². The van der Waals surface area contributed by atoms with E-state index in [2.05, 4.69) is 164 Å². The van der Waals surface area contributed by atoms with Crippen molar-refractivity contribution in [1.29, 1.82) is 5.26 Å². The molecule has 2 fully saturated rings. The van der Waals surface area contributed by atoms with E-state index in [0.717, 1.165) is 119 Å². The first-order valence-electron chi connectivity index (χ1n) is 45.1. The number of aromatic nitrogens is 2. The zero-order valence-corrected chi connectivity index (χ0v) is 76.5. The SMILES string of the molecule is CCC1OC(OCCCCCCNC(=O)CCCCCCCCCCCOC(=O)OCC2c3ccccc3-c3ccccc32)CC1OP(OCCC#N)N(C(C)C)C(C)C.[C-]#[N+]CCOP(OC1CC(n2cc(C#CCNC(=O)CCC(=O)NCCCCCCOC(=O)OCC3c4ccccc4-c4ccccc43)c(=O)[nH]c2=O)OC1CC)N(C(C)C)C(C)C. The average Bonchev–Trinajstić information content (AvgIpc) is 1.62. The summed E-state index contributed by atoms with van der Waals surface area (Å²) in [6, 6.07) is 35.8. The minimum atomic E-state index is -1.53. The molecule has 29 heteroatoms. The first-order valence-corrected chi connectivity index (χ1v) is 47.4. The second-order valence-corrected chi connectivity index (χ2v) is 35.6. The van der Waals surface area contributed by atoms with Gasteiger partial charge >= 0.3 is 18.0 Å². The van der Waals surface area contributed by atoms with Crippen LogP contribution in [0.3, 0.4) is 0 Å². The van der Waals surface area contributed by atoms with Gasteiger partial charge in [-0.05, 0) is 158 Å². The van der Waals surface area contributed by atoms with Crippen LogP contribution >= 0.6 is 17.1 Å². The summed E-state index contributed by atoms with van der Waals surface area (Å²) in [5.41, 5.74) is 8.13. The number of carbonyl (C=O) groups excluding carboxylic acids is 5. The fourth-order valence-corrected chi connectivity index (χ4v) is 19.5. The Balaban J connectivity index is 0.000000308. The van der Waals surface area contributed by atoms with Gasteiger partial charge in [-0.1, -0.05) is 187 Å². The van der Waals surface area contributed by atoms with Crippen LogP contribution in [0.1, 0.15) is 276 Å². The van der Waals surface area contributed by atoms with Crippen LogP contribution in [-0.2, 0) is 65.6 Å². The molecule has 5 aromatic rings. The maximum absolute atomic E-state index is 12.9. The molecule has 2 aliphatic heterocycles. The lowest BCUT2D eigenvalue weighted by Crippen LogP contribution is -2.36. The number of H-pyrrole nitrogens is 1. The van der Waals surface area contributed by atoms with Gasteiger partial charge in [-0.2, -0.15) is 5.26 Å². The molecule has 27 nitrogen and oxygen atoms in total. The number of carbonyl (C=O) groups is 5. The standard InChI is InChI=1S/C48H74N3O8P.C47H61N6O10P/c1-6-44-45(59-60(57-34-24-30-49)51(37(2)3)38(4)5)35-47(58-44)54-32-22-15-13-21-31-50-46(52)29-16-12-10-8-7-9-11-14-23-33-55-48(53)56-36-43-41-27-19-17-25-39(41)40-26-18-20-28-42(40)43;1-7-40-41(63-64(61-28-26-48-6)53(32(2)3)33(4)5)29-44(62-40)52-30-34(45(56)51-46(52)57)17-16-25-50-43(55)23-22-42(54)49-24-14-8-9-15-27-59-47(58)60-31-39-37-20-12-10-18-35(37)36-19-11-13-21-38(36)39/h17-20,25-28,37-38,43-45,47H,6-16,21-24,29,31-36H2,1-5H3,(H,50,52);10-13,18-21,30,32-33,39-41,44H,7-9,14-15,22-29,31H2,1-5H3,(H,49,54)(H,50,55)(H,51,56,57). The summed E-state index contributed by atoms with van der Waals surface area (Å²) in [4.78, 5) is 92.9. The van der Waals surface area contributed by atoms with E-state index in [0.29, 0.717) is 64.9 Å². The first kappa shape index (κ1) is 101. The molecule has 1 aromatic heterocycles. The van der Waals surface area contributed by atoms with Crippen LogP contribution in [0.2, 0.25) is 0 Å². The highest BCUT2D eigenvalue weighted by Gasteiger charge is 2.43. The molecule has 4 aromatic carbocycles. The second-order valence-electron chi connectivity index (χ2n) is 32.8. The molecule has 9 rings (SSSR count). The van der Waals surface area contributed by atoms with Crippen LogP contribution in [0, 0.1) is 29.7 Å². The molecular formula is C95H135N9O18P2.